The van der Waals surface area contributed by atoms with Crippen LogP contribution in [0.1, 0.15) is 18.4 Å². The lowest BCUT2D eigenvalue weighted by Crippen LogP contribution is -2.47. The van der Waals surface area contributed by atoms with Crippen molar-refractivity contribution in [1.82, 2.24) is 10.6 Å². The highest BCUT2D eigenvalue weighted by atomic mass is 16.4. The first-order chi connectivity index (χ1) is 9.04. The topological polar surface area (TPSA) is 98.7 Å². The first kappa shape index (κ1) is 13.2. The molecular weight excluding hydrogens is 248 g/mol. The molecule has 0 spiro atoms. The van der Waals surface area contributed by atoms with Gasteiger partial charge in [0.15, 0.2) is 0 Å². The van der Waals surface area contributed by atoms with Crippen LogP contribution in [0.2, 0.25) is 0 Å². The van der Waals surface area contributed by atoms with Crippen LogP contribution in [0.15, 0.2) is 24.3 Å². The highest BCUT2D eigenvalue weighted by molar-refractivity contribution is 5.83. The minimum absolute atomic E-state index is 0.120. The van der Waals surface area contributed by atoms with E-state index in [0.717, 1.165) is 18.4 Å². The van der Waals surface area contributed by atoms with Crippen LogP contribution in [0.5, 0.6) is 5.75 Å². The zero-order valence-corrected chi connectivity index (χ0v) is 10.3. The second-order valence-electron chi connectivity index (χ2n) is 4.65. The van der Waals surface area contributed by atoms with Crippen LogP contribution in [0.25, 0.3) is 0 Å². The molecule has 1 aliphatic rings. The molecule has 1 fully saturated rings. The fraction of sp³-hybridized carbons (Fsp3) is 0.385. The smallest absolute Gasteiger partial charge is 0.326 e. The van der Waals surface area contributed by atoms with Crippen LogP contribution >= 0.6 is 0 Å². The number of urea groups is 1. The summed E-state index contributed by atoms with van der Waals surface area (Å²) in [7, 11) is 0. The van der Waals surface area contributed by atoms with E-state index >= 15 is 0 Å². The molecular formula is C13H16N2O4. The van der Waals surface area contributed by atoms with Crippen LogP contribution in [-0.4, -0.2) is 34.3 Å². The first-order valence-electron chi connectivity index (χ1n) is 6.12. The summed E-state index contributed by atoms with van der Waals surface area (Å²) in [6.07, 6.45) is 2.07. The molecule has 1 unspecified atom stereocenters. The van der Waals surface area contributed by atoms with Crippen LogP contribution in [0.3, 0.4) is 0 Å². The van der Waals surface area contributed by atoms with Gasteiger partial charge in [0.05, 0.1) is 0 Å². The second kappa shape index (κ2) is 5.60. The molecule has 0 heterocycles. The number of benzene rings is 1. The van der Waals surface area contributed by atoms with Crippen molar-refractivity contribution in [1.29, 1.82) is 0 Å². The van der Waals surface area contributed by atoms with E-state index in [1.807, 2.05) is 0 Å². The van der Waals surface area contributed by atoms with Gasteiger partial charge in [-0.1, -0.05) is 12.1 Å². The molecule has 0 aromatic heterocycles. The summed E-state index contributed by atoms with van der Waals surface area (Å²) in [6, 6.07) is 4.98. The number of phenolic OH excluding ortho intramolecular Hbond substituents is 1. The standard InChI is InChI=1S/C13H16N2O4/c16-10-5-1-8(2-6-10)7-11(12(17)18)15-13(19)14-9-3-4-9/h1-2,5-6,9,11,16H,3-4,7H2,(H,17,18)(H2,14,15,19). The molecule has 1 saturated carbocycles. The maximum Gasteiger partial charge on any atom is 0.326 e. The lowest BCUT2D eigenvalue weighted by Gasteiger charge is -2.15. The number of carbonyl (C=O) groups is 2. The van der Waals surface area contributed by atoms with Gasteiger partial charge in [0.1, 0.15) is 11.8 Å². The molecule has 6 nitrogen and oxygen atoms in total. The van der Waals surface area contributed by atoms with Gasteiger partial charge in [-0.05, 0) is 30.5 Å². The van der Waals surface area contributed by atoms with Crippen LogP contribution in [0.4, 0.5) is 4.79 Å². The predicted molar refractivity (Wildman–Crippen MR) is 67.9 cm³/mol. The van der Waals surface area contributed by atoms with Crippen molar-refractivity contribution in [2.75, 3.05) is 0 Å². The van der Waals surface area contributed by atoms with Crippen LogP contribution < -0.4 is 10.6 Å². The molecule has 19 heavy (non-hydrogen) atoms. The Labute approximate surface area is 110 Å². The number of carboxylic acid groups (broad SMARTS) is 1. The Kier molecular flexibility index (Phi) is 3.89. The Morgan fingerprint density at radius 1 is 1.26 bits per heavy atom. The van der Waals surface area contributed by atoms with E-state index < -0.39 is 18.0 Å². The van der Waals surface area contributed by atoms with Crippen molar-refractivity contribution in [3.63, 3.8) is 0 Å². The minimum Gasteiger partial charge on any atom is -0.508 e. The average Bonchev–Trinajstić information content (AvgIpc) is 3.14. The molecule has 1 atom stereocenters. The Morgan fingerprint density at radius 2 is 1.89 bits per heavy atom. The summed E-state index contributed by atoms with van der Waals surface area (Å²) >= 11 is 0. The van der Waals surface area contributed by atoms with E-state index in [9.17, 15) is 9.59 Å². The van der Waals surface area contributed by atoms with Gasteiger partial charge in [-0.15, -0.1) is 0 Å². The Morgan fingerprint density at radius 3 is 2.42 bits per heavy atom. The normalized spacial score (nSPS) is 15.6. The molecule has 102 valence electrons. The molecule has 1 aliphatic carbocycles. The zero-order chi connectivity index (χ0) is 13.8. The predicted octanol–water partition coefficient (Wildman–Crippen LogP) is 0.849. The summed E-state index contributed by atoms with van der Waals surface area (Å²) in [5.74, 6) is -0.964. The lowest BCUT2D eigenvalue weighted by molar-refractivity contribution is -0.139. The summed E-state index contributed by atoms with van der Waals surface area (Å²) in [6.45, 7) is 0. The van der Waals surface area contributed by atoms with E-state index in [0.29, 0.717) is 0 Å². The maximum atomic E-state index is 11.5. The van der Waals surface area contributed by atoms with Gasteiger partial charge in [-0.2, -0.15) is 0 Å². The number of amides is 2. The maximum absolute atomic E-state index is 11.5. The number of aromatic hydroxyl groups is 1. The van der Waals surface area contributed by atoms with Crippen LogP contribution in [-0.2, 0) is 11.2 Å². The van der Waals surface area contributed by atoms with E-state index in [1.165, 1.54) is 12.1 Å². The quantitative estimate of drug-likeness (QED) is 0.633. The Bertz CT molecular complexity index is 468. The van der Waals surface area contributed by atoms with Gasteiger partial charge >= 0.3 is 12.0 Å². The van der Waals surface area contributed by atoms with E-state index in [-0.39, 0.29) is 18.2 Å². The van der Waals surface area contributed by atoms with Gasteiger partial charge in [0.2, 0.25) is 0 Å². The van der Waals surface area contributed by atoms with Gasteiger partial charge in [0, 0.05) is 12.5 Å². The second-order valence-corrected chi connectivity index (χ2v) is 4.65. The Hall–Kier alpha value is -2.24. The summed E-state index contributed by atoms with van der Waals surface area (Å²) < 4.78 is 0. The molecule has 0 radical (unpaired) electrons. The highest BCUT2D eigenvalue weighted by Crippen LogP contribution is 2.18. The number of hydrogen-bond donors (Lipinski definition) is 4. The largest absolute Gasteiger partial charge is 0.508 e. The number of carbonyl (C=O) groups excluding carboxylic acids is 1. The average molecular weight is 264 g/mol. The molecule has 0 bridgehead atoms. The molecule has 0 saturated heterocycles. The lowest BCUT2D eigenvalue weighted by atomic mass is 10.1. The molecule has 0 aliphatic heterocycles. The number of carboxylic acids is 1. The van der Waals surface area contributed by atoms with Crippen molar-refractivity contribution < 1.29 is 19.8 Å². The fourth-order valence-corrected chi connectivity index (χ4v) is 1.68. The first-order valence-corrected chi connectivity index (χ1v) is 6.12. The summed E-state index contributed by atoms with van der Waals surface area (Å²) in [5, 5.41) is 23.4. The third kappa shape index (κ3) is 4.17. The van der Waals surface area contributed by atoms with Crippen molar-refractivity contribution >= 4 is 12.0 Å². The van der Waals surface area contributed by atoms with Crippen molar-refractivity contribution in [3.05, 3.63) is 29.8 Å². The van der Waals surface area contributed by atoms with Gasteiger partial charge in [0.25, 0.3) is 0 Å². The zero-order valence-electron chi connectivity index (χ0n) is 10.3. The molecule has 1 aromatic carbocycles. The summed E-state index contributed by atoms with van der Waals surface area (Å²) in [4.78, 5) is 22.6. The third-order valence-electron chi connectivity index (χ3n) is 2.89. The van der Waals surface area contributed by atoms with Gasteiger partial charge in [-0.3, -0.25) is 0 Å². The fourth-order valence-electron chi connectivity index (χ4n) is 1.68. The van der Waals surface area contributed by atoms with Crippen molar-refractivity contribution in [2.24, 2.45) is 0 Å². The number of aliphatic carboxylic acids is 1. The van der Waals surface area contributed by atoms with Gasteiger partial charge in [-0.25, -0.2) is 9.59 Å². The SMILES string of the molecule is O=C(NC1CC1)NC(Cc1ccc(O)cc1)C(=O)O. The summed E-state index contributed by atoms with van der Waals surface area (Å²) in [5.41, 5.74) is 0.733. The molecule has 2 rings (SSSR count). The third-order valence-corrected chi connectivity index (χ3v) is 2.89. The van der Waals surface area contributed by atoms with Crippen molar-refractivity contribution in [2.45, 2.75) is 31.3 Å². The van der Waals surface area contributed by atoms with E-state index in [4.69, 9.17) is 10.2 Å². The molecule has 1 aromatic rings. The van der Waals surface area contributed by atoms with Gasteiger partial charge < -0.3 is 20.8 Å². The molecule has 4 N–H and O–H groups in total. The number of rotatable bonds is 5. The van der Waals surface area contributed by atoms with Crippen molar-refractivity contribution in [3.8, 4) is 5.75 Å². The number of phenols is 1. The number of nitrogens with one attached hydrogen (secondary N) is 2. The molecule has 2 amide bonds. The minimum atomic E-state index is -1.08. The van der Waals surface area contributed by atoms with E-state index in [2.05, 4.69) is 10.6 Å². The number of hydrogen-bond acceptors (Lipinski definition) is 3. The Balaban J connectivity index is 1.93. The highest BCUT2D eigenvalue weighted by Gasteiger charge is 2.26. The monoisotopic (exact) mass is 264 g/mol. The van der Waals surface area contributed by atoms with E-state index in [1.54, 1.807) is 12.1 Å². The van der Waals surface area contributed by atoms with Crippen LogP contribution in [0, 0.1) is 0 Å². The molecule has 6 heteroatoms.